The van der Waals surface area contributed by atoms with Crippen molar-refractivity contribution >= 4 is 28.6 Å². The zero-order valence-corrected chi connectivity index (χ0v) is 13.2. The van der Waals surface area contributed by atoms with E-state index in [2.05, 4.69) is 4.98 Å². The van der Waals surface area contributed by atoms with Gasteiger partial charge in [0.25, 0.3) is 5.56 Å². The lowest BCUT2D eigenvalue weighted by Gasteiger charge is -2.10. The number of aromatic nitrogens is 2. The van der Waals surface area contributed by atoms with Crippen LogP contribution in [0.25, 0.3) is 22.6 Å². The average Bonchev–Trinajstić information content (AvgIpc) is 2.76. The van der Waals surface area contributed by atoms with Crippen molar-refractivity contribution in [1.29, 1.82) is 0 Å². The van der Waals surface area contributed by atoms with Crippen LogP contribution < -0.4 is 5.56 Å². The highest BCUT2D eigenvalue weighted by Crippen LogP contribution is 2.32. The molecule has 0 atom stereocenters. The number of aromatic amines is 1. The molecule has 130 valence electrons. The number of carbonyl (C=O) groups is 1. The molecular formula is C17H13F3N2O3. The number of carboxylic acids is 1. The molecule has 2 aromatic heterocycles. The molecule has 2 N–H and O–H groups in total. The number of carboxylic acid groups (broad SMARTS) is 1. The van der Waals surface area contributed by atoms with E-state index in [9.17, 15) is 22.8 Å². The molecule has 1 aromatic carbocycles. The van der Waals surface area contributed by atoms with Crippen molar-refractivity contribution in [3.8, 4) is 0 Å². The van der Waals surface area contributed by atoms with Crippen LogP contribution in [0.4, 0.5) is 13.2 Å². The van der Waals surface area contributed by atoms with Gasteiger partial charge in [-0.15, -0.1) is 0 Å². The zero-order valence-electron chi connectivity index (χ0n) is 13.2. The fourth-order valence-electron chi connectivity index (χ4n) is 2.89. The highest BCUT2D eigenvalue weighted by atomic mass is 19.4. The number of fused-ring (bicyclic) bond motifs is 3. The molecule has 3 aromatic rings. The van der Waals surface area contributed by atoms with E-state index in [0.29, 0.717) is 22.3 Å². The predicted octanol–water partition coefficient (Wildman–Crippen LogP) is 3.51. The minimum atomic E-state index is -4.53. The van der Waals surface area contributed by atoms with E-state index in [1.807, 2.05) is 0 Å². The molecule has 25 heavy (non-hydrogen) atoms. The van der Waals surface area contributed by atoms with Gasteiger partial charge >= 0.3 is 12.1 Å². The van der Waals surface area contributed by atoms with Gasteiger partial charge in [0, 0.05) is 11.8 Å². The SMILES string of the molecule is Cc1c(C)c2c(=O)[nH]c3cc(C(F)(F)F)ccc3n2c1/C=C/C(=O)O. The summed E-state index contributed by atoms with van der Waals surface area (Å²) in [6.45, 7) is 3.42. The Kier molecular flexibility index (Phi) is 3.70. The molecule has 0 bridgehead atoms. The molecule has 0 saturated carbocycles. The highest BCUT2D eigenvalue weighted by Gasteiger charge is 2.31. The first kappa shape index (κ1) is 16.8. The second-order valence-electron chi connectivity index (χ2n) is 5.67. The van der Waals surface area contributed by atoms with E-state index < -0.39 is 23.3 Å². The van der Waals surface area contributed by atoms with Gasteiger partial charge in [-0.1, -0.05) is 0 Å². The van der Waals surface area contributed by atoms with Crippen LogP contribution in [0.5, 0.6) is 0 Å². The van der Waals surface area contributed by atoms with E-state index >= 15 is 0 Å². The van der Waals surface area contributed by atoms with Crippen molar-refractivity contribution < 1.29 is 23.1 Å². The van der Waals surface area contributed by atoms with Gasteiger partial charge in [0.1, 0.15) is 5.52 Å². The van der Waals surface area contributed by atoms with Gasteiger partial charge in [0.05, 0.1) is 16.6 Å². The zero-order chi connectivity index (χ0) is 18.5. The van der Waals surface area contributed by atoms with Crippen molar-refractivity contribution in [2.24, 2.45) is 0 Å². The molecule has 3 rings (SSSR count). The highest BCUT2D eigenvalue weighted by molar-refractivity contribution is 5.88. The predicted molar refractivity (Wildman–Crippen MR) is 86.7 cm³/mol. The maximum Gasteiger partial charge on any atom is 0.416 e. The largest absolute Gasteiger partial charge is 0.478 e. The average molecular weight is 350 g/mol. The first-order valence-electron chi connectivity index (χ1n) is 7.27. The molecule has 0 radical (unpaired) electrons. The number of halogens is 3. The van der Waals surface area contributed by atoms with Gasteiger partial charge in [-0.05, 0) is 49.2 Å². The van der Waals surface area contributed by atoms with Gasteiger partial charge in [0.15, 0.2) is 0 Å². The van der Waals surface area contributed by atoms with Crippen LogP contribution in [0.2, 0.25) is 0 Å². The molecule has 0 aliphatic rings. The Morgan fingerprint density at radius 3 is 2.52 bits per heavy atom. The third kappa shape index (κ3) is 2.69. The topological polar surface area (TPSA) is 74.6 Å². The number of nitrogens with one attached hydrogen (secondary N) is 1. The van der Waals surface area contributed by atoms with E-state index in [1.165, 1.54) is 16.5 Å². The molecule has 0 saturated heterocycles. The number of aliphatic carboxylic acids is 1. The van der Waals surface area contributed by atoms with Crippen LogP contribution in [-0.2, 0) is 11.0 Å². The van der Waals surface area contributed by atoms with Crippen molar-refractivity contribution in [3.63, 3.8) is 0 Å². The fourth-order valence-corrected chi connectivity index (χ4v) is 2.89. The number of rotatable bonds is 2. The number of H-pyrrole nitrogens is 1. The second kappa shape index (κ2) is 5.51. The maximum atomic E-state index is 12.9. The quantitative estimate of drug-likeness (QED) is 0.695. The number of hydrogen-bond acceptors (Lipinski definition) is 2. The van der Waals surface area contributed by atoms with Gasteiger partial charge in [-0.25, -0.2) is 4.79 Å². The van der Waals surface area contributed by atoms with Crippen molar-refractivity contribution in [2.45, 2.75) is 20.0 Å². The summed E-state index contributed by atoms with van der Waals surface area (Å²) in [4.78, 5) is 25.7. The Bertz CT molecular complexity index is 1100. The lowest BCUT2D eigenvalue weighted by Crippen LogP contribution is -2.13. The maximum absolute atomic E-state index is 12.9. The van der Waals surface area contributed by atoms with Crippen molar-refractivity contribution in [3.05, 3.63) is 57.0 Å². The Hall–Kier alpha value is -3.03. The number of hydrogen-bond donors (Lipinski definition) is 2. The van der Waals surface area contributed by atoms with Crippen LogP contribution in [0.3, 0.4) is 0 Å². The molecule has 0 aliphatic heterocycles. The Morgan fingerprint density at radius 1 is 1.24 bits per heavy atom. The normalized spacial score (nSPS) is 12.5. The molecule has 8 heteroatoms. The van der Waals surface area contributed by atoms with Crippen LogP contribution >= 0.6 is 0 Å². The summed E-state index contributed by atoms with van der Waals surface area (Å²) in [5.74, 6) is -1.17. The lowest BCUT2D eigenvalue weighted by molar-refractivity contribution is -0.137. The van der Waals surface area contributed by atoms with Gasteiger partial charge < -0.3 is 14.5 Å². The van der Waals surface area contributed by atoms with E-state index in [1.54, 1.807) is 13.8 Å². The van der Waals surface area contributed by atoms with E-state index in [0.717, 1.165) is 18.2 Å². The standard InChI is InChI=1S/C17H13F3N2O3/c1-8-9(2)15-16(25)21-11-7-10(17(18,19)20)3-4-13(11)22(15)12(8)5-6-14(23)24/h3-7H,1-2H3,(H,21,25)(H,23,24)/b6-5+. The Morgan fingerprint density at radius 2 is 1.92 bits per heavy atom. The van der Waals surface area contributed by atoms with Crippen LogP contribution in [-0.4, -0.2) is 20.5 Å². The summed E-state index contributed by atoms with van der Waals surface area (Å²) < 4.78 is 40.2. The summed E-state index contributed by atoms with van der Waals surface area (Å²) in [5, 5.41) is 8.85. The third-order valence-electron chi connectivity index (χ3n) is 4.18. The monoisotopic (exact) mass is 350 g/mol. The van der Waals surface area contributed by atoms with Crippen molar-refractivity contribution in [1.82, 2.24) is 9.38 Å². The summed E-state index contributed by atoms with van der Waals surface area (Å²) >= 11 is 0. The van der Waals surface area contributed by atoms with E-state index in [4.69, 9.17) is 5.11 Å². The third-order valence-corrected chi connectivity index (χ3v) is 4.18. The molecule has 0 amide bonds. The molecule has 0 aliphatic carbocycles. The fraction of sp³-hybridized carbons (Fsp3) is 0.176. The molecule has 0 unspecified atom stereocenters. The van der Waals surface area contributed by atoms with Gasteiger partial charge in [0.2, 0.25) is 0 Å². The number of aryl methyl sites for hydroxylation is 1. The van der Waals surface area contributed by atoms with Gasteiger partial charge in [-0.3, -0.25) is 4.79 Å². The number of nitrogens with zero attached hydrogens (tertiary/aromatic N) is 1. The lowest BCUT2D eigenvalue weighted by atomic mass is 10.1. The first-order valence-corrected chi connectivity index (χ1v) is 7.27. The molecule has 0 spiro atoms. The molecular weight excluding hydrogens is 337 g/mol. The first-order chi connectivity index (χ1) is 11.6. The summed E-state index contributed by atoms with van der Waals surface area (Å²) in [6, 6.07) is 3.05. The van der Waals surface area contributed by atoms with Crippen molar-refractivity contribution in [2.75, 3.05) is 0 Å². The van der Waals surface area contributed by atoms with Gasteiger partial charge in [-0.2, -0.15) is 13.2 Å². The minimum Gasteiger partial charge on any atom is -0.478 e. The summed E-state index contributed by atoms with van der Waals surface area (Å²) in [7, 11) is 0. The molecule has 5 nitrogen and oxygen atoms in total. The minimum absolute atomic E-state index is 0.0206. The summed E-state index contributed by atoms with van der Waals surface area (Å²) in [5.41, 5.74) is 0.973. The Balaban J connectivity index is 2.47. The Labute approximate surface area is 139 Å². The number of alkyl halides is 3. The second-order valence-corrected chi connectivity index (χ2v) is 5.67. The molecule has 2 heterocycles. The van der Waals surface area contributed by atoms with Crippen LogP contribution in [0, 0.1) is 13.8 Å². The van der Waals surface area contributed by atoms with E-state index in [-0.39, 0.29) is 11.0 Å². The number of benzene rings is 1. The molecule has 0 fully saturated rings. The smallest absolute Gasteiger partial charge is 0.416 e. The van der Waals surface area contributed by atoms with Crippen LogP contribution in [0.1, 0.15) is 22.4 Å². The summed E-state index contributed by atoms with van der Waals surface area (Å²) in [6.07, 6.45) is -2.28. The van der Waals surface area contributed by atoms with Crippen LogP contribution in [0.15, 0.2) is 29.1 Å².